The Kier molecular flexibility index (Phi) is 5.45. The number of esters is 1. The number of carboxylic acids is 1. The summed E-state index contributed by atoms with van der Waals surface area (Å²) >= 11 is 1.46. The van der Waals surface area contributed by atoms with Crippen LogP contribution in [0.25, 0.3) is 0 Å². The van der Waals surface area contributed by atoms with Crippen LogP contribution >= 0.6 is 11.3 Å². The van der Waals surface area contributed by atoms with E-state index in [1.807, 2.05) is 0 Å². The van der Waals surface area contributed by atoms with E-state index in [1.165, 1.54) is 18.4 Å². The summed E-state index contributed by atoms with van der Waals surface area (Å²) in [5.41, 5.74) is 1.48. The molecule has 28 heavy (non-hydrogen) atoms. The van der Waals surface area contributed by atoms with Crippen LogP contribution in [0, 0.1) is 23.7 Å². The maximum Gasteiger partial charge on any atom is 0.341 e. The fourth-order valence-corrected chi connectivity index (χ4v) is 6.81. The van der Waals surface area contributed by atoms with Crippen LogP contribution in [-0.2, 0) is 27.2 Å². The first-order valence-corrected chi connectivity index (χ1v) is 11.1. The van der Waals surface area contributed by atoms with Gasteiger partial charge in [-0.05, 0) is 68.8 Å². The predicted octanol–water partition coefficient (Wildman–Crippen LogP) is 3.88. The third-order valence-electron chi connectivity index (χ3n) is 6.85. The fourth-order valence-electron chi connectivity index (χ4n) is 5.53. The van der Waals surface area contributed by atoms with Gasteiger partial charge in [0.25, 0.3) is 0 Å². The first-order valence-electron chi connectivity index (χ1n) is 10.3. The molecule has 1 heterocycles. The standard InChI is InChI=1S/C21H27NO5S/c1-27-21(26)17-13-5-3-2-4-6-14(13)28-19(17)22-18(23)15-11-7-9-12(10-8-11)16(15)20(24)25/h11-12,15-16H,2-10H2,1H3,(H,22,23)(H,24,25)/t11?,12?,15-,16+/m0/s1. The summed E-state index contributed by atoms with van der Waals surface area (Å²) in [4.78, 5) is 38.7. The van der Waals surface area contributed by atoms with Crippen molar-refractivity contribution in [3.05, 3.63) is 16.0 Å². The van der Waals surface area contributed by atoms with E-state index in [2.05, 4.69) is 5.32 Å². The highest BCUT2D eigenvalue weighted by molar-refractivity contribution is 7.17. The Hall–Kier alpha value is -1.89. The van der Waals surface area contributed by atoms with Gasteiger partial charge in [-0.25, -0.2) is 4.79 Å². The van der Waals surface area contributed by atoms with Crippen molar-refractivity contribution >= 4 is 34.2 Å². The Morgan fingerprint density at radius 1 is 1.00 bits per heavy atom. The van der Waals surface area contributed by atoms with Gasteiger partial charge in [0.05, 0.1) is 24.5 Å². The number of aliphatic carboxylic acids is 1. The zero-order valence-electron chi connectivity index (χ0n) is 16.2. The molecule has 2 bridgehead atoms. The van der Waals surface area contributed by atoms with Crippen LogP contribution in [0.5, 0.6) is 0 Å². The van der Waals surface area contributed by atoms with Crippen LogP contribution in [0.15, 0.2) is 0 Å². The molecule has 1 amide bonds. The lowest BCUT2D eigenvalue weighted by Crippen LogP contribution is -2.49. The largest absolute Gasteiger partial charge is 0.481 e. The number of hydrogen-bond acceptors (Lipinski definition) is 5. The molecule has 2 atom stereocenters. The molecule has 3 saturated carbocycles. The first kappa shape index (κ1) is 19.4. The van der Waals surface area contributed by atoms with Gasteiger partial charge in [0.1, 0.15) is 5.00 Å². The van der Waals surface area contributed by atoms with Crippen molar-refractivity contribution in [1.29, 1.82) is 0 Å². The second-order valence-electron chi connectivity index (χ2n) is 8.31. The minimum Gasteiger partial charge on any atom is -0.481 e. The van der Waals surface area contributed by atoms with Crippen LogP contribution in [0.3, 0.4) is 0 Å². The number of methoxy groups -OCH3 is 1. The van der Waals surface area contributed by atoms with Gasteiger partial charge in [-0.15, -0.1) is 11.3 Å². The van der Waals surface area contributed by atoms with Gasteiger partial charge in [-0.2, -0.15) is 0 Å². The second-order valence-corrected chi connectivity index (χ2v) is 9.42. The Balaban J connectivity index is 1.64. The summed E-state index contributed by atoms with van der Waals surface area (Å²) in [6.07, 6.45) is 8.58. The maximum atomic E-state index is 13.2. The molecule has 4 aliphatic carbocycles. The van der Waals surface area contributed by atoms with Gasteiger partial charge in [0, 0.05) is 4.88 Å². The normalized spacial score (nSPS) is 28.9. The monoisotopic (exact) mass is 405 g/mol. The Morgan fingerprint density at radius 3 is 2.29 bits per heavy atom. The molecule has 0 saturated heterocycles. The number of thiophene rings is 1. The number of fused-ring (bicyclic) bond motifs is 4. The molecule has 0 unspecified atom stereocenters. The van der Waals surface area contributed by atoms with Crippen molar-refractivity contribution in [2.45, 2.75) is 57.8 Å². The van der Waals surface area contributed by atoms with Crippen molar-refractivity contribution in [2.24, 2.45) is 23.7 Å². The number of carbonyl (C=O) groups is 3. The van der Waals surface area contributed by atoms with E-state index in [1.54, 1.807) is 0 Å². The Bertz CT molecular complexity index is 793. The van der Waals surface area contributed by atoms with E-state index in [-0.39, 0.29) is 17.7 Å². The quantitative estimate of drug-likeness (QED) is 0.586. The summed E-state index contributed by atoms with van der Waals surface area (Å²) in [6.45, 7) is 0. The highest BCUT2D eigenvalue weighted by Gasteiger charge is 2.50. The number of hydrogen-bond donors (Lipinski definition) is 2. The predicted molar refractivity (Wildman–Crippen MR) is 106 cm³/mol. The minimum atomic E-state index is -0.871. The summed E-state index contributed by atoms with van der Waals surface area (Å²) in [5, 5.41) is 13.2. The molecule has 0 radical (unpaired) electrons. The van der Waals surface area contributed by atoms with E-state index in [4.69, 9.17) is 4.74 Å². The molecule has 5 rings (SSSR count). The zero-order chi connectivity index (χ0) is 19.8. The van der Waals surface area contributed by atoms with Crippen LogP contribution in [0.2, 0.25) is 0 Å². The van der Waals surface area contributed by atoms with Crippen LogP contribution < -0.4 is 5.32 Å². The molecule has 1 aromatic rings. The lowest BCUT2D eigenvalue weighted by molar-refractivity contribution is -0.156. The van der Waals surface area contributed by atoms with Crippen LogP contribution in [0.1, 0.15) is 65.7 Å². The van der Waals surface area contributed by atoms with Gasteiger partial charge < -0.3 is 15.2 Å². The molecule has 7 heteroatoms. The van der Waals surface area contributed by atoms with Gasteiger partial charge in [0.2, 0.25) is 5.91 Å². The molecule has 3 fully saturated rings. The topological polar surface area (TPSA) is 92.7 Å². The van der Waals surface area contributed by atoms with Crippen molar-refractivity contribution in [3.8, 4) is 0 Å². The maximum absolute atomic E-state index is 13.2. The number of ether oxygens (including phenoxy) is 1. The molecule has 4 aliphatic rings. The Labute approximate surface area is 168 Å². The fraction of sp³-hybridized carbons (Fsp3) is 0.667. The van der Waals surface area contributed by atoms with Gasteiger partial charge in [-0.1, -0.05) is 6.42 Å². The molecule has 1 aromatic heterocycles. The average Bonchev–Trinajstić information content (AvgIpc) is 2.87. The van der Waals surface area contributed by atoms with E-state index in [0.717, 1.165) is 68.2 Å². The van der Waals surface area contributed by atoms with Crippen molar-refractivity contribution in [2.75, 3.05) is 12.4 Å². The number of anilines is 1. The SMILES string of the molecule is COC(=O)c1c(NC(=O)[C@H]2C3CCC(CC3)[C@H]2C(=O)O)sc2c1CCCCC2. The number of carbonyl (C=O) groups excluding carboxylic acids is 2. The summed E-state index contributed by atoms with van der Waals surface area (Å²) in [7, 11) is 1.36. The molecular formula is C21H27NO5S. The number of nitrogens with one attached hydrogen (secondary N) is 1. The molecule has 6 nitrogen and oxygen atoms in total. The molecule has 2 N–H and O–H groups in total. The lowest BCUT2D eigenvalue weighted by atomic mass is 9.58. The highest BCUT2D eigenvalue weighted by atomic mass is 32.1. The zero-order valence-corrected chi connectivity index (χ0v) is 17.0. The second kappa shape index (κ2) is 7.85. The molecule has 0 aliphatic heterocycles. The van der Waals surface area contributed by atoms with Crippen molar-refractivity contribution in [3.63, 3.8) is 0 Å². The van der Waals surface area contributed by atoms with E-state index >= 15 is 0 Å². The van der Waals surface area contributed by atoms with E-state index in [9.17, 15) is 19.5 Å². The van der Waals surface area contributed by atoms with Gasteiger partial charge in [-0.3, -0.25) is 9.59 Å². The van der Waals surface area contributed by atoms with Crippen molar-refractivity contribution in [1.82, 2.24) is 0 Å². The van der Waals surface area contributed by atoms with Gasteiger partial charge >= 0.3 is 11.9 Å². The number of rotatable bonds is 4. The summed E-state index contributed by atoms with van der Waals surface area (Å²) < 4.78 is 5.00. The van der Waals surface area contributed by atoms with Gasteiger partial charge in [0.15, 0.2) is 0 Å². The smallest absolute Gasteiger partial charge is 0.341 e. The van der Waals surface area contributed by atoms with E-state index in [0.29, 0.717) is 10.6 Å². The lowest BCUT2D eigenvalue weighted by Gasteiger charge is -2.45. The molecular weight excluding hydrogens is 378 g/mol. The molecule has 152 valence electrons. The highest BCUT2D eigenvalue weighted by Crippen LogP contribution is 2.49. The van der Waals surface area contributed by atoms with E-state index < -0.39 is 23.8 Å². The molecule has 0 aromatic carbocycles. The number of carboxylic acid groups (broad SMARTS) is 1. The average molecular weight is 406 g/mol. The number of amides is 1. The third-order valence-corrected chi connectivity index (χ3v) is 8.06. The van der Waals surface area contributed by atoms with Crippen molar-refractivity contribution < 1.29 is 24.2 Å². The van der Waals surface area contributed by atoms with Crippen LogP contribution in [0.4, 0.5) is 5.00 Å². The first-order chi connectivity index (χ1) is 13.5. The minimum absolute atomic E-state index is 0.0818. The van der Waals surface area contributed by atoms with Crippen LogP contribution in [-0.4, -0.2) is 30.1 Å². The summed E-state index contributed by atoms with van der Waals surface area (Å²) in [5.74, 6) is -2.48. The molecule has 0 spiro atoms. The Morgan fingerprint density at radius 2 is 1.64 bits per heavy atom. The summed E-state index contributed by atoms with van der Waals surface area (Å²) in [6, 6.07) is 0. The third kappa shape index (κ3) is 3.34. The number of aryl methyl sites for hydroxylation is 1.